The van der Waals surface area contributed by atoms with Crippen molar-refractivity contribution in [2.24, 2.45) is 0 Å². The van der Waals surface area contributed by atoms with Crippen LogP contribution in [-0.4, -0.2) is 4.98 Å². The molecule has 0 atom stereocenters. The first-order valence-electron chi connectivity index (χ1n) is 4.17. The van der Waals surface area contributed by atoms with E-state index in [2.05, 4.69) is 4.98 Å². The lowest BCUT2D eigenvalue weighted by atomic mass is 10.2. The lowest BCUT2D eigenvalue weighted by Gasteiger charge is -1.98. The molecule has 0 amide bonds. The molecule has 1 aromatic carbocycles. The van der Waals surface area contributed by atoms with Gasteiger partial charge >= 0.3 is 0 Å². The quantitative estimate of drug-likeness (QED) is 0.738. The summed E-state index contributed by atoms with van der Waals surface area (Å²) in [4.78, 5) is 3.79. The van der Waals surface area contributed by atoms with Gasteiger partial charge in [-0.15, -0.1) is 11.6 Å². The first kappa shape index (κ1) is 10.1. The highest BCUT2D eigenvalue weighted by atomic mass is 35.5. The second-order valence-electron chi connectivity index (χ2n) is 2.85. The van der Waals surface area contributed by atoms with Crippen LogP contribution < -0.4 is 0 Å². The molecule has 2 aromatic rings. The average molecular weight is 230 g/mol. The van der Waals surface area contributed by atoms with Gasteiger partial charge in [0.15, 0.2) is 17.4 Å². The molecule has 0 saturated carbocycles. The van der Waals surface area contributed by atoms with Crippen molar-refractivity contribution in [1.82, 2.24) is 4.98 Å². The van der Waals surface area contributed by atoms with E-state index in [1.165, 1.54) is 18.3 Å². The van der Waals surface area contributed by atoms with Gasteiger partial charge in [0, 0.05) is 0 Å². The van der Waals surface area contributed by atoms with Crippen LogP contribution in [0.2, 0.25) is 0 Å². The molecular formula is C10H6ClF2NO. The second kappa shape index (κ2) is 3.98. The monoisotopic (exact) mass is 229 g/mol. The molecule has 15 heavy (non-hydrogen) atoms. The molecule has 0 aliphatic rings. The van der Waals surface area contributed by atoms with E-state index in [-0.39, 0.29) is 23.1 Å². The third-order valence-electron chi connectivity index (χ3n) is 1.88. The van der Waals surface area contributed by atoms with E-state index in [0.717, 1.165) is 6.07 Å². The Morgan fingerprint density at radius 3 is 2.80 bits per heavy atom. The Labute approximate surface area is 89.5 Å². The molecule has 1 aromatic heterocycles. The second-order valence-corrected chi connectivity index (χ2v) is 3.12. The maximum Gasteiger partial charge on any atom is 0.209 e. The summed E-state index contributed by atoms with van der Waals surface area (Å²) >= 11 is 5.47. The number of hydrogen-bond acceptors (Lipinski definition) is 2. The number of nitrogens with zero attached hydrogens (tertiary/aromatic N) is 1. The molecule has 78 valence electrons. The van der Waals surface area contributed by atoms with Crippen molar-refractivity contribution in [1.29, 1.82) is 0 Å². The molecule has 2 nitrogen and oxygen atoms in total. The highest BCUT2D eigenvalue weighted by molar-refractivity contribution is 6.16. The minimum absolute atomic E-state index is 0.0406. The molecule has 0 unspecified atom stereocenters. The number of benzene rings is 1. The fourth-order valence-electron chi connectivity index (χ4n) is 1.19. The van der Waals surface area contributed by atoms with Crippen molar-refractivity contribution in [3.8, 4) is 11.3 Å². The van der Waals surface area contributed by atoms with E-state index >= 15 is 0 Å². The zero-order valence-electron chi connectivity index (χ0n) is 7.51. The maximum atomic E-state index is 13.3. The zero-order chi connectivity index (χ0) is 10.8. The molecule has 0 fully saturated rings. The Kier molecular flexibility index (Phi) is 2.68. The predicted molar refractivity (Wildman–Crippen MR) is 51.4 cm³/mol. The molecule has 1 heterocycles. The van der Waals surface area contributed by atoms with Gasteiger partial charge in [-0.3, -0.25) is 0 Å². The first-order valence-corrected chi connectivity index (χ1v) is 4.71. The van der Waals surface area contributed by atoms with Gasteiger partial charge in [0.25, 0.3) is 0 Å². The predicted octanol–water partition coefficient (Wildman–Crippen LogP) is 3.36. The van der Waals surface area contributed by atoms with Gasteiger partial charge in [0.1, 0.15) is 0 Å². The fraction of sp³-hybridized carbons (Fsp3) is 0.100. The van der Waals surface area contributed by atoms with Gasteiger partial charge in [-0.05, 0) is 12.1 Å². The van der Waals surface area contributed by atoms with Crippen LogP contribution in [0.1, 0.15) is 5.89 Å². The van der Waals surface area contributed by atoms with Crippen LogP contribution in [0.5, 0.6) is 0 Å². The number of alkyl halides is 1. The van der Waals surface area contributed by atoms with Crippen molar-refractivity contribution in [3.05, 3.63) is 41.9 Å². The van der Waals surface area contributed by atoms with Gasteiger partial charge in [-0.25, -0.2) is 13.8 Å². The minimum Gasteiger partial charge on any atom is -0.439 e. The minimum atomic E-state index is -0.949. The third kappa shape index (κ3) is 1.85. The van der Waals surface area contributed by atoms with Crippen molar-refractivity contribution in [3.63, 3.8) is 0 Å². The molecule has 0 aliphatic carbocycles. The van der Waals surface area contributed by atoms with Crippen LogP contribution in [-0.2, 0) is 5.88 Å². The van der Waals surface area contributed by atoms with Crippen LogP contribution in [0.4, 0.5) is 8.78 Å². The summed E-state index contributed by atoms with van der Waals surface area (Å²) < 4.78 is 31.3. The lowest BCUT2D eigenvalue weighted by Crippen LogP contribution is -1.87. The maximum absolute atomic E-state index is 13.3. The smallest absolute Gasteiger partial charge is 0.209 e. The molecule has 0 saturated heterocycles. The summed E-state index contributed by atoms with van der Waals surface area (Å²) in [7, 11) is 0. The summed E-state index contributed by atoms with van der Waals surface area (Å²) in [6.07, 6.45) is 1.32. The Morgan fingerprint density at radius 1 is 1.33 bits per heavy atom. The largest absolute Gasteiger partial charge is 0.439 e. The van der Waals surface area contributed by atoms with Crippen molar-refractivity contribution in [2.45, 2.75) is 5.88 Å². The Morgan fingerprint density at radius 2 is 2.13 bits per heavy atom. The number of hydrogen-bond donors (Lipinski definition) is 0. The number of aromatic nitrogens is 1. The number of halogens is 3. The van der Waals surface area contributed by atoms with Crippen molar-refractivity contribution >= 4 is 11.6 Å². The summed E-state index contributed by atoms with van der Waals surface area (Å²) in [6, 6.07) is 3.85. The molecule has 0 N–H and O–H groups in total. The van der Waals surface area contributed by atoms with E-state index in [1.54, 1.807) is 0 Å². The summed E-state index contributed by atoms with van der Waals surface area (Å²) in [5.41, 5.74) is 0.0406. The lowest BCUT2D eigenvalue weighted by molar-refractivity contribution is 0.496. The van der Waals surface area contributed by atoms with E-state index in [1.807, 2.05) is 0 Å². The molecular weight excluding hydrogens is 224 g/mol. The summed E-state index contributed by atoms with van der Waals surface area (Å²) in [5, 5.41) is 0. The standard InChI is InChI=1S/C10H6ClF2NO/c11-4-9-14-5-8(15-9)6-2-1-3-7(12)10(6)13/h1-3,5H,4H2. The summed E-state index contributed by atoms with van der Waals surface area (Å²) in [5.74, 6) is -1.33. The molecule has 2 rings (SSSR count). The van der Waals surface area contributed by atoms with Crippen molar-refractivity contribution < 1.29 is 13.2 Å². The van der Waals surface area contributed by atoms with E-state index < -0.39 is 11.6 Å². The van der Waals surface area contributed by atoms with Crippen LogP contribution in [0.25, 0.3) is 11.3 Å². The topological polar surface area (TPSA) is 26.0 Å². The van der Waals surface area contributed by atoms with Crippen LogP contribution in [0.3, 0.4) is 0 Å². The molecule has 0 spiro atoms. The Balaban J connectivity index is 2.49. The van der Waals surface area contributed by atoms with Crippen molar-refractivity contribution in [2.75, 3.05) is 0 Å². The molecule has 0 radical (unpaired) electrons. The van der Waals surface area contributed by atoms with Gasteiger partial charge in [-0.1, -0.05) is 6.07 Å². The van der Waals surface area contributed by atoms with Crippen LogP contribution in [0, 0.1) is 11.6 Å². The Bertz CT molecular complexity index is 484. The van der Waals surface area contributed by atoms with E-state index in [9.17, 15) is 8.78 Å². The number of oxazole rings is 1. The van der Waals surface area contributed by atoms with Crippen LogP contribution in [0.15, 0.2) is 28.8 Å². The third-order valence-corrected chi connectivity index (χ3v) is 2.11. The van der Waals surface area contributed by atoms with E-state index in [4.69, 9.17) is 16.0 Å². The SMILES string of the molecule is Fc1cccc(-c2cnc(CCl)o2)c1F. The van der Waals surface area contributed by atoms with Gasteiger partial charge in [0.05, 0.1) is 17.6 Å². The molecule has 0 bridgehead atoms. The van der Waals surface area contributed by atoms with Crippen LogP contribution >= 0.6 is 11.6 Å². The normalized spacial score (nSPS) is 10.6. The average Bonchev–Trinajstić information content (AvgIpc) is 2.70. The van der Waals surface area contributed by atoms with Gasteiger partial charge < -0.3 is 4.42 Å². The first-order chi connectivity index (χ1) is 7.22. The van der Waals surface area contributed by atoms with Gasteiger partial charge in [-0.2, -0.15) is 0 Å². The molecule has 5 heteroatoms. The van der Waals surface area contributed by atoms with E-state index in [0.29, 0.717) is 0 Å². The fourth-order valence-corrected chi connectivity index (χ4v) is 1.31. The highest BCUT2D eigenvalue weighted by Crippen LogP contribution is 2.25. The zero-order valence-corrected chi connectivity index (χ0v) is 8.26. The Hall–Kier alpha value is -1.42. The highest BCUT2D eigenvalue weighted by Gasteiger charge is 2.13. The molecule has 0 aliphatic heterocycles. The van der Waals surface area contributed by atoms with Gasteiger partial charge in [0.2, 0.25) is 5.89 Å². The summed E-state index contributed by atoms with van der Waals surface area (Å²) in [6.45, 7) is 0. The number of rotatable bonds is 2.